The van der Waals surface area contributed by atoms with Crippen molar-refractivity contribution in [2.75, 3.05) is 26.0 Å². The minimum absolute atomic E-state index is 0.124. The molecule has 0 aliphatic carbocycles. The van der Waals surface area contributed by atoms with Crippen LogP contribution in [0.5, 0.6) is 0 Å². The van der Waals surface area contributed by atoms with Crippen LogP contribution < -0.4 is 5.73 Å². The maximum atomic E-state index is 12.3. The van der Waals surface area contributed by atoms with E-state index in [2.05, 4.69) is 4.98 Å². The highest BCUT2D eigenvalue weighted by atomic mass is 35.5. The first-order chi connectivity index (χ1) is 8.59. The van der Waals surface area contributed by atoms with Gasteiger partial charge in [-0.1, -0.05) is 11.6 Å². The maximum Gasteiger partial charge on any atom is 0.255 e. The van der Waals surface area contributed by atoms with Crippen molar-refractivity contribution in [1.29, 1.82) is 0 Å². The van der Waals surface area contributed by atoms with Crippen molar-refractivity contribution in [3.05, 3.63) is 22.8 Å². The van der Waals surface area contributed by atoms with E-state index in [1.54, 1.807) is 11.9 Å². The van der Waals surface area contributed by atoms with E-state index >= 15 is 0 Å². The van der Waals surface area contributed by atoms with Crippen LogP contribution in [0.25, 0.3) is 0 Å². The van der Waals surface area contributed by atoms with Crippen LogP contribution in [0.4, 0.5) is 5.82 Å². The van der Waals surface area contributed by atoms with Crippen molar-refractivity contribution >= 4 is 23.3 Å². The second-order valence-electron chi connectivity index (χ2n) is 4.35. The monoisotopic (exact) mass is 269 g/mol. The van der Waals surface area contributed by atoms with Crippen molar-refractivity contribution in [3.63, 3.8) is 0 Å². The number of nitrogen functional groups attached to an aromatic ring is 1. The molecule has 2 rings (SSSR count). The number of amides is 1. The molecule has 18 heavy (non-hydrogen) atoms. The smallest absolute Gasteiger partial charge is 0.255 e. The van der Waals surface area contributed by atoms with Gasteiger partial charge in [0.15, 0.2) is 0 Å². The predicted octanol–water partition coefficient (Wildman–Crippen LogP) is 1.57. The second-order valence-corrected chi connectivity index (χ2v) is 4.76. The molecule has 0 radical (unpaired) electrons. The molecular formula is C12H16ClN3O2. The van der Waals surface area contributed by atoms with E-state index in [1.165, 1.54) is 12.3 Å². The summed E-state index contributed by atoms with van der Waals surface area (Å²) in [6, 6.07) is 1.71. The fourth-order valence-corrected chi connectivity index (χ4v) is 2.23. The summed E-state index contributed by atoms with van der Waals surface area (Å²) >= 11 is 5.98. The summed E-state index contributed by atoms with van der Waals surface area (Å²) in [6.07, 6.45) is 3.10. The highest BCUT2D eigenvalue weighted by molar-refractivity contribution is 6.33. The SMILES string of the molecule is CN(C(=O)c1cc(N)ncc1Cl)C1CCOCC1. The van der Waals surface area contributed by atoms with Gasteiger partial charge in [-0.15, -0.1) is 0 Å². The van der Waals surface area contributed by atoms with Crippen LogP contribution in [0, 0.1) is 0 Å². The zero-order chi connectivity index (χ0) is 13.1. The zero-order valence-corrected chi connectivity index (χ0v) is 11.0. The fourth-order valence-electron chi connectivity index (χ4n) is 2.05. The molecule has 0 spiro atoms. The first-order valence-electron chi connectivity index (χ1n) is 5.85. The van der Waals surface area contributed by atoms with Crippen molar-refractivity contribution in [2.45, 2.75) is 18.9 Å². The molecule has 1 aliphatic rings. The van der Waals surface area contributed by atoms with Gasteiger partial charge in [0.05, 0.1) is 10.6 Å². The minimum atomic E-state index is -0.124. The van der Waals surface area contributed by atoms with E-state index < -0.39 is 0 Å². The molecule has 98 valence electrons. The van der Waals surface area contributed by atoms with Gasteiger partial charge >= 0.3 is 0 Å². The Kier molecular flexibility index (Phi) is 4.04. The van der Waals surface area contributed by atoms with Gasteiger partial charge in [-0.05, 0) is 18.9 Å². The molecule has 1 aromatic rings. The Labute approximate surface area is 111 Å². The third-order valence-corrected chi connectivity index (χ3v) is 3.47. The van der Waals surface area contributed by atoms with E-state index in [0.717, 1.165) is 12.8 Å². The molecule has 1 fully saturated rings. The number of carbonyl (C=O) groups is 1. The van der Waals surface area contributed by atoms with Gasteiger partial charge in [-0.2, -0.15) is 0 Å². The highest BCUT2D eigenvalue weighted by Gasteiger charge is 2.24. The van der Waals surface area contributed by atoms with Crippen LogP contribution in [-0.4, -0.2) is 42.1 Å². The number of carbonyl (C=O) groups excluding carboxylic acids is 1. The Hall–Kier alpha value is -1.33. The van der Waals surface area contributed by atoms with E-state index in [1.807, 2.05) is 0 Å². The summed E-state index contributed by atoms with van der Waals surface area (Å²) in [5, 5.41) is 0.327. The van der Waals surface area contributed by atoms with Gasteiger partial charge in [0.25, 0.3) is 5.91 Å². The number of hydrogen-bond acceptors (Lipinski definition) is 4. The lowest BCUT2D eigenvalue weighted by molar-refractivity contribution is 0.0362. The Morgan fingerprint density at radius 1 is 1.56 bits per heavy atom. The first kappa shape index (κ1) is 13.1. The van der Waals surface area contributed by atoms with Gasteiger partial charge in [-0.25, -0.2) is 4.98 Å². The average molecular weight is 270 g/mol. The number of rotatable bonds is 2. The lowest BCUT2D eigenvalue weighted by atomic mass is 10.1. The molecule has 0 bridgehead atoms. The Balaban J connectivity index is 2.16. The van der Waals surface area contributed by atoms with Crippen molar-refractivity contribution in [2.24, 2.45) is 0 Å². The van der Waals surface area contributed by atoms with Gasteiger partial charge in [0.1, 0.15) is 5.82 Å². The van der Waals surface area contributed by atoms with E-state index in [4.69, 9.17) is 22.1 Å². The van der Waals surface area contributed by atoms with Crippen LogP contribution in [0.2, 0.25) is 5.02 Å². The largest absolute Gasteiger partial charge is 0.384 e. The van der Waals surface area contributed by atoms with Crippen molar-refractivity contribution < 1.29 is 9.53 Å². The van der Waals surface area contributed by atoms with Gasteiger partial charge in [0, 0.05) is 32.5 Å². The molecular weight excluding hydrogens is 254 g/mol. The Bertz CT molecular complexity index is 447. The number of anilines is 1. The topological polar surface area (TPSA) is 68.5 Å². The molecule has 1 aliphatic heterocycles. The number of nitrogens with zero attached hydrogens (tertiary/aromatic N) is 2. The van der Waals surface area contributed by atoms with Gasteiger partial charge < -0.3 is 15.4 Å². The molecule has 0 saturated carbocycles. The third-order valence-electron chi connectivity index (χ3n) is 3.17. The first-order valence-corrected chi connectivity index (χ1v) is 6.23. The number of pyridine rings is 1. The fraction of sp³-hybridized carbons (Fsp3) is 0.500. The van der Waals surface area contributed by atoms with Gasteiger partial charge in [-0.3, -0.25) is 4.79 Å². The number of aromatic nitrogens is 1. The second kappa shape index (κ2) is 5.54. The molecule has 6 heteroatoms. The quantitative estimate of drug-likeness (QED) is 0.885. The average Bonchev–Trinajstić information content (AvgIpc) is 2.41. The predicted molar refractivity (Wildman–Crippen MR) is 69.6 cm³/mol. The Morgan fingerprint density at radius 3 is 2.89 bits per heavy atom. The maximum absolute atomic E-state index is 12.3. The number of halogens is 1. The van der Waals surface area contributed by atoms with Gasteiger partial charge in [0.2, 0.25) is 0 Å². The van der Waals surface area contributed by atoms with Crippen LogP contribution in [0.15, 0.2) is 12.3 Å². The molecule has 1 amide bonds. The summed E-state index contributed by atoms with van der Waals surface area (Å²) < 4.78 is 5.28. The molecule has 5 nitrogen and oxygen atoms in total. The number of nitrogens with two attached hydrogens (primary N) is 1. The normalized spacial score (nSPS) is 16.6. The lowest BCUT2D eigenvalue weighted by Crippen LogP contribution is -2.40. The lowest BCUT2D eigenvalue weighted by Gasteiger charge is -2.31. The Morgan fingerprint density at radius 2 is 2.22 bits per heavy atom. The molecule has 2 N–H and O–H groups in total. The van der Waals surface area contributed by atoms with E-state index in [-0.39, 0.29) is 11.9 Å². The highest BCUT2D eigenvalue weighted by Crippen LogP contribution is 2.21. The number of hydrogen-bond donors (Lipinski definition) is 1. The van der Waals surface area contributed by atoms with Crippen LogP contribution in [0.3, 0.4) is 0 Å². The minimum Gasteiger partial charge on any atom is -0.384 e. The number of ether oxygens (including phenoxy) is 1. The van der Waals surface area contributed by atoms with Crippen LogP contribution in [-0.2, 0) is 4.74 Å². The molecule has 0 aromatic carbocycles. The molecule has 2 heterocycles. The molecule has 0 unspecified atom stereocenters. The zero-order valence-electron chi connectivity index (χ0n) is 10.2. The summed E-state index contributed by atoms with van der Waals surface area (Å²) in [7, 11) is 1.78. The molecule has 1 aromatic heterocycles. The molecule has 1 saturated heterocycles. The van der Waals surface area contributed by atoms with Crippen LogP contribution >= 0.6 is 11.6 Å². The summed E-state index contributed by atoms with van der Waals surface area (Å²) in [5.41, 5.74) is 5.98. The van der Waals surface area contributed by atoms with E-state index in [9.17, 15) is 4.79 Å². The van der Waals surface area contributed by atoms with Crippen molar-refractivity contribution in [1.82, 2.24) is 9.88 Å². The summed E-state index contributed by atoms with van der Waals surface area (Å²) in [4.78, 5) is 17.9. The molecule has 0 atom stereocenters. The van der Waals surface area contributed by atoms with Crippen molar-refractivity contribution in [3.8, 4) is 0 Å². The summed E-state index contributed by atoms with van der Waals surface area (Å²) in [5.74, 6) is 0.170. The van der Waals surface area contributed by atoms with Crippen LogP contribution in [0.1, 0.15) is 23.2 Å². The standard InChI is InChI=1S/C12H16ClN3O2/c1-16(8-2-4-18-5-3-8)12(17)9-6-11(14)15-7-10(9)13/h6-8H,2-5H2,1H3,(H2,14,15). The third kappa shape index (κ3) is 2.73. The van der Waals surface area contributed by atoms with E-state index in [0.29, 0.717) is 29.6 Å². The summed E-state index contributed by atoms with van der Waals surface area (Å²) in [6.45, 7) is 1.38.